The predicted octanol–water partition coefficient (Wildman–Crippen LogP) is 2.91. The summed E-state index contributed by atoms with van der Waals surface area (Å²) < 4.78 is 0. The molecule has 0 amide bonds. The first-order chi connectivity index (χ1) is 9.45. The van der Waals surface area contributed by atoms with Gasteiger partial charge < -0.3 is 0 Å². The molecule has 1 saturated heterocycles. The molecule has 0 saturated carbocycles. The minimum absolute atomic E-state index is 0.485. The fourth-order valence-electron chi connectivity index (χ4n) is 3.14. The van der Waals surface area contributed by atoms with Crippen LogP contribution in [0.1, 0.15) is 17.2 Å². The molecular formula is C17H16N2. The molecule has 0 radical (unpaired) electrons. The summed E-state index contributed by atoms with van der Waals surface area (Å²) in [4.78, 5) is 7.32. The van der Waals surface area contributed by atoms with E-state index in [9.17, 15) is 0 Å². The topological polar surface area (TPSA) is 15.4 Å². The fourth-order valence-corrected chi connectivity index (χ4v) is 3.14. The predicted molar refractivity (Wildman–Crippen MR) is 77.5 cm³/mol. The van der Waals surface area contributed by atoms with Crippen LogP contribution in [0.4, 0.5) is 0 Å². The Balaban J connectivity index is 1.67. The van der Waals surface area contributed by atoms with Gasteiger partial charge in [-0.2, -0.15) is 0 Å². The van der Waals surface area contributed by atoms with Crippen LogP contribution in [0.2, 0.25) is 0 Å². The lowest BCUT2D eigenvalue weighted by molar-refractivity contribution is 0.502. The molecule has 0 bridgehead atoms. The van der Waals surface area contributed by atoms with Crippen LogP contribution in [0.25, 0.3) is 0 Å². The number of benzene rings is 2. The highest BCUT2D eigenvalue weighted by molar-refractivity contribution is 6.07. The first-order valence-corrected chi connectivity index (χ1v) is 6.85. The van der Waals surface area contributed by atoms with Gasteiger partial charge in [0.25, 0.3) is 0 Å². The van der Waals surface area contributed by atoms with Crippen molar-refractivity contribution in [1.82, 2.24) is 4.90 Å². The molecule has 2 aliphatic rings. The zero-order chi connectivity index (χ0) is 12.7. The fraction of sp³-hybridized carbons (Fsp3) is 0.235. The van der Waals surface area contributed by atoms with E-state index in [0.717, 1.165) is 13.1 Å². The second-order valence-electron chi connectivity index (χ2n) is 5.17. The van der Waals surface area contributed by atoms with Gasteiger partial charge in [-0.15, -0.1) is 0 Å². The highest BCUT2D eigenvalue weighted by Gasteiger charge is 2.52. The van der Waals surface area contributed by atoms with Crippen molar-refractivity contribution in [3.63, 3.8) is 0 Å². The molecule has 2 aromatic rings. The average Bonchev–Trinajstić information content (AvgIpc) is 3.23. The number of rotatable bonds is 2. The SMILES string of the molecule is c1ccc(C2=NCCN3[C@@H]2[C@@H]3c2ccccc2)cc1. The van der Waals surface area contributed by atoms with E-state index >= 15 is 0 Å². The van der Waals surface area contributed by atoms with Gasteiger partial charge in [0.05, 0.1) is 24.3 Å². The van der Waals surface area contributed by atoms with E-state index in [1.165, 1.54) is 16.8 Å². The lowest BCUT2D eigenvalue weighted by Crippen LogP contribution is -2.22. The third-order valence-corrected chi connectivity index (χ3v) is 4.06. The number of aliphatic imine (C=N–C) groups is 1. The largest absolute Gasteiger partial charge is 0.286 e. The minimum Gasteiger partial charge on any atom is -0.286 e. The molecule has 0 spiro atoms. The number of hydrogen-bond donors (Lipinski definition) is 0. The average molecular weight is 248 g/mol. The van der Waals surface area contributed by atoms with Crippen LogP contribution in [0.5, 0.6) is 0 Å². The van der Waals surface area contributed by atoms with Gasteiger partial charge in [0.1, 0.15) is 0 Å². The molecule has 2 heterocycles. The summed E-state index contributed by atoms with van der Waals surface area (Å²) in [5.74, 6) is 0. The van der Waals surface area contributed by atoms with Gasteiger partial charge in [0, 0.05) is 6.54 Å². The molecule has 0 aliphatic carbocycles. The normalized spacial score (nSPS) is 28.4. The Hall–Kier alpha value is -1.93. The maximum atomic E-state index is 4.77. The first-order valence-electron chi connectivity index (χ1n) is 6.85. The van der Waals surface area contributed by atoms with Gasteiger partial charge in [-0.3, -0.25) is 9.89 Å². The minimum atomic E-state index is 0.485. The molecule has 94 valence electrons. The summed E-state index contributed by atoms with van der Waals surface area (Å²) in [6.45, 7) is 2.00. The molecule has 3 atom stereocenters. The number of nitrogens with zero attached hydrogens (tertiary/aromatic N) is 2. The van der Waals surface area contributed by atoms with Crippen LogP contribution in [0, 0.1) is 0 Å². The quantitative estimate of drug-likeness (QED) is 0.746. The van der Waals surface area contributed by atoms with Crippen molar-refractivity contribution < 1.29 is 0 Å². The summed E-state index contributed by atoms with van der Waals surface area (Å²) in [7, 11) is 0. The summed E-state index contributed by atoms with van der Waals surface area (Å²) in [6.07, 6.45) is 0. The highest BCUT2D eigenvalue weighted by Crippen LogP contribution is 2.46. The molecule has 2 aliphatic heterocycles. The Labute approximate surface area is 113 Å². The number of fused-ring (bicyclic) bond motifs is 1. The van der Waals surface area contributed by atoms with Crippen molar-refractivity contribution in [2.75, 3.05) is 13.1 Å². The van der Waals surface area contributed by atoms with E-state index in [1.54, 1.807) is 0 Å². The maximum absolute atomic E-state index is 4.77. The van der Waals surface area contributed by atoms with Crippen LogP contribution < -0.4 is 0 Å². The molecule has 2 aromatic carbocycles. The van der Waals surface area contributed by atoms with Crippen LogP contribution >= 0.6 is 0 Å². The van der Waals surface area contributed by atoms with Gasteiger partial charge >= 0.3 is 0 Å². The van der Waals surface area contributed by atoms with Gasteiger partial charge in [0.15, 0.2) is 0 Å². The van der Waals surface area contributed by atoms with Crippen LogP contribution in [0.3, 0.4) is 0 Å². The van der Waals surface area contributed by atoms with Gasteiger partial charge in [-0.25, -0.2) is 0 Å². The molecule has 1 fully saturated rings. The summed E-state index contributed by atoms with van der Waals surface area (Å²) >= 11 is 0. The monoisotopic (exact) mass is 248 g/mol. The zero-order valence-corrected chi connectivity index (χ0v) is 10.7. The maximum Gasteiger partial charge on any atom is 0.0728 e. The zero-order valence-electron chi connectivity index (χ0n) is 10.7. The van der Waals surface area contributed by atoms with Gasteiger partial charge in [0.2, 0.25) is 0 Å². The van der Waals surface area contributed by atoms with Crippen molar-refractivity contribution in [3.05, 3.63) is 71.8 Å². The Morgan fingerprint density at radius 3 is 2.26 bits per heavy atom. The first kappa shape index (κ1) is 10.9. The standard InChI is InChI=1S/C17H16N2/c1-3-7-13(8-4-1)15-17-16(19(17)12-11-18-15)14-9-5-2-6-10-14/h1-10,16-17H,11-12H2/t16-,17-,19?/m0/s1. The molecular weight excluding hydrogens is 232 g/mol. The molecule has 2 heteroatoms. The van der Waals surface area contributed by atoms with Gasteiger partial charge in [-0.05, 0) is 11.1 Å². The third kappa shape index (κ3) is 1.80. The Bertz CT molecular complexity index is 604. The summed E-state index contributed by atoms with van der Waals surface area (Å²) in [6, 6.07) is 22.4. The molecule has 2 nitrogen and oxygen atoms in total. The second kappa shape index (κ2) is 4.32. The van der Waals surface area contributed by atoms with Crippen molar-refractivity contribution in [3.8, 4) is 0 Å². The molecule has 0 aromatic heterocycles. The third-order valence-electron chi connectivity index (χ3n) is 4.06. The summed E-state index contributed by atoms with van der Waals surface area (Å²) in [5, 5.41) is 0. The Kier molecular flexibility index (Phi) is 2.49. The second-order valence-corrected chi connectivity index (χ2v) is 5.17. The molecule has 19 heavy (non-hydrogen) atoms. The lowest BCUT2D eigenvalue weighted by atomic mass is 10.0. The lowest BCUT2D eigenvalue weighted by Gasteiger charge is -2.11. The highest BCUT2D eigenvalue weighted by atomic mass is 15.4. The number of hydrogen-bond acceptors (Lipinski definition) is 2. The molecule has 4 rings (SSSR count). The van der Waals surface area contributed by atoms with E-state index in [0.29, 0.717) is 12.1 Å². The molecule has 0 N–H and O–H groups in total. The van der Waals surface area contributed by atoms with Crippen molar-refractivity contribution >= 4 is 5.71 Å². The van der Waals surface area contributed by atoms with E-state index in [-0.39, 0.29) is 0 Å². The van der Waals surface area contributed by atoms with Crippen LogP contribution in [-0.4, -0.2) is 29.7 Å². The molecule has 1 unspecified atom stereocenters. The Morgan fingerprint density at radius 2 is 1.53 bits per heavy atom. The smallest absolute Gasteiger partial charge is 0.0728 e. The van der Waals surface area contributed by atoms with Crippen molar-refractivity contribution in [2.45, 2.75) is 12.1 Å². The van der Waals surface area contributed by atoms with Crippen molar-refractivity contribution in [2.24, 2.45) is 4.99 Å². The van der Waals surface area contributed by atoms with Gasteiger partial charge in [-0.1, -0.05) is 60.7 Å². The van der Waals surface area contributed by atoms with E-state index in [2.05, 4.69) is 65.6 Å². The van der Waals surface area contributed by atoms with Crippen LogP contribution in [-0.2, 0) is 0 Å². The van der Waals surface area contributed by atoms with E-state index in [4.69, 9.17) is 4.99 Å². The van der Waals surface area contributed by atoms with Crippen molar-refractivity contribution in [1.29, 1.82) is 0 Å². The Morgan fingerprint density at radius 1 is 0.842 bits per heavy atom. The van der Waals surface area contributed by atoms with E-state index in [1.807, 2.05) is 0 Å². The van der Waals surface area contributed by atoms with E-state index < -0.39 is 0 Å². The van der Waals surface area contributed by atoms with Crippen LogP contribution in [0.15, 0.2) is 65.7 Å². The summed E-state index contributed by atoms with van der Waals surface area (Å²) in [5.41, 5.74) is 3.95.